The first-order valence-electron chi connectivity index (χ1n) is 6.37. The average Bonchev–Trinajstić information content (AvgIpc) is 2.29. The third-order valence-corrected chi connectivity index (χ3v) is 2.32. The van der Waals surface area contributed by atoms with E-state index in [4.69, 9.17) is 15.2 Å². The number of nitrogens with zero attached hydrogens (tertiary/aromatic N) is 1. The summed E-state index contributed by atoms with van der Waals surface area (Å²) in [7, 11) is 0. The van der Waals surface area contributed by atoms with Gasteiger partial charge in [-0.2, -0.15) is 0 Å². The third-order valence-electron chi connectivity index (χ3n) is 2.32. The van der Waals surface area contributed by atoms with E-state index < -0.39 is 0 Å². The van der Waals surface area contributed by atoms with E-state index in [2.05, 4.69) is 6.92 Å². The van der Waals surface area contributed by atoms with Gasteiger partial charge in [0.15, 0.2) is 0 Å². The highest BCUT2D eigenvalue weighted by molar-refractivity contribution is 5.71. The molecule has 0 saturated carbocycles. The Morgan fingerprint density at radius 1 is 1.29 bits per heavy atom. The lowest BCUT2D eigenvalue weighted by Gasteiger charge is -2.25. The van der Waals surface area contributed by atoms with Crippen molar-refractivity contribution in [2.24, 2.45) is 5.73 Å². The van der Waals surface area contributed by atoms with Crippen LogP contribution in [0.4, 0.5) is 0 Å². The Morgan fingerprint density at radius 2 is 2.00 bits per heavy atom. The SMILES string of the molecule is CCCN(CC(=O)OCC)CC(CN)OCC. The molecule has 0 aliphatic rings. The molecule has 0 aromatic rings. The molecule has 0 rings (SSSR count). The Hall–Kier alpha value is -0.650. The van der Waals surface area contributed by atoms with Gasteiger partial charge in [-0.05, 0) is 26.8 Å². The second kappa shape index (κ2) is 10.5. The van der Waals surface area contributed by atoms with E-state index in [0.29, 0.717) is 32.8 Å². The molecule has 0 spiro atoms. The second-order valence-electron chi connectivity index (χ2n) is 3.85. The zero-order valence-corrected chi connectivity index (χ0v) is 11.3. The molecule has 0 aromatic heterocycles. The number of ether oxygens (including phenoxy) is 2. The minimum Gasteiger partial charge on any atom is -0.465 e. The van der Waals surface area contributed by atoms with Crippen molar-refractivity contribution in [2.45, 2.75) is 33.3 Å². The molecule has 5 nitrogen and oxygen atoms in total. The maximum Gasteiger partial charge on any atom is 0.320 e. The lowest BCUT2D eigenvalue weighted by molar-refractivity contribution is -0.144. The van der Waals surface area contributed by atoms with Crippen LogP contribution in [0.1, 0.15) is 27.2 Å². The molecule has 2 N–H and O–H groups in total. The first-order chi connectivity index (χ1) is 8.17. The fourth-order valence-corrected chi connectivity index (χ4v) is 1.66. The number of rotatable bonds is 10. The van der Waals surface area contributed by atoms with Gasteiger partial charge in [0.25, 0.3) is 0 Å². The van der Waals surface area contributed by atoms with Crippen LogP contribution in [-0.2, 0) is 14.3 Å². The molecular weight excluding hydrogens is 220 g/mol. The van der Waals surface area contributed by atoms with Crippen molar-refractivity contribution in [2.75, 3.05) is 39.4 Å². The van der Waals surface area contributed by atoms with Gasteiger partial charge in [0.1, 0.15) is 0 Å². The van der Waals surface area contributed by atoms with E-state index in [9.17, 15) is 4.79 Å². The molecular formula is C12H26N2O3. The highest BCUT2D eigenvalue weighted by atomic mass is 16.5. The largest absolute Gasteiger partial charge is 0.465 e. The minimum absolute atomic E-state index is 0.0130. The van der Waals surface area contributed by atoms with Gasteiger partial charge in [0.2, 0.25) is 0 Å². The lowest BCUT2D eigenvalue weighted by atomic mass is 10.3. The summed E-state index contributed by atoms with van der Waals surface area (Å²) >= 11 is 0. The number of esters is 1. The molecule has 0 heterocycles. The van der Waals surface area contributed by atoms with Crippen molar-refractivity contribution < 1.29 is 14.3 Å². The van der Waals surface area contributed by atoms with Crippen LogP contribution in [0.25, 0.3) is 0 Å². The van der Waals surface area contributed by atoms with Crippen molar-refractivity contribution in [1.82, 2.24) is 4.90 Å². The van der Waals surface area contributed by atoms with Crippen molar-refractivity contribution in [3.8, 4) is 0 Å². The van der Waals surface area contributed by atoms with E-state index in [-0.39, 0.29) is 12.1 Å². The van der Waals surface area contributed by atoms with Gasteiger partial charge in [-0.15, -0.1) is 0 Å². The van der Waals surface area contributed by atoms with Gasteiger partial charge in [-0.1, -0.05) is 6.92 Å². The van der Waals surface area contributed by atoms with Crippen molar-refractivity contribution in [3.05, 3.63) is 0 Å². The zero-order valence-electron chi connectivity index (χ0n) is 11.3. The molecule has 0 fully saturated rings. The molecule has 0 radical (unpaired) electrons. The van der Waals surface area contributed by atoms with Crippen LogP contribution in [-0.4, -0.2) is 56.4 Å². The fourth-order valence-electron chi connectivity index (χ4n) is 1.66. The Balaban J connectivity index is 4.15. The number of hydrogen-bond donors (Lipinski definition) is 1. The molecule has 5 heteroatoms. The predicted molar refractivity (Wildman–Crippen MR) is 67.8 cm³/mol. The molecule has 0 aliphatic heterocycles. The maximum absolute atomic E-state index is 11.4. The van der Waals surface area contributed by atoms with Gasteiger partial charge < -0.3 is 15.2 Å². The summed E-state index contributed by atoms with van der Waals surface area (Å²) in [6.45, 7) is 9.20. The van der Waals surface area contributed by atoms with Crippen molar-refractivity contribution in [1.29, 1.82) is 0 Å². The van der Waals surface area contributed by atoms with E-state index in [0.717, 1.165) is 13.0 Å². The van der Waals surface area contributed by atoms with E-state index >= 15 is 0 Å². The van der Waals surface area contributed by atoms with Crippen LogP contribution in [0.3, 0.4) is 0 Å². The monoisotopic (exact) mass is 246 g/mol. The van der Waals surface area contributed by atoms with Crippen LogP contribution in [0.15, 0.2) is 0 Å². The molecule has 0 bridgehead atoms. The molecule has 1 atom stereocenters. The van der Waals surface area contributed by atoms with Crippen molar-refractivity contribution in [3.63, 3.8) is 0 Å². The minimum atomic E-state index is -0.187. The molecule has 0 saturated heterocycles. The summed E-state index contributed by atoms with van der Waals surface area (Å²) in [5.41, 5.74) is 5.62. The maximum atomic E-state index is 11.4. The van der Waals surface area contributed by atoms with E-state index in [1.807, 2.05) is 18.7 Å². The highest BCUT2D eigenvalue weighted by Gasteiger charge is 2.15. The highest BCUT2D eigenvalue weighted by Crippen LogP contribution is 1.99. The summed E-state index contributed by atoms with van der Waals surface area (Å²) < 4.78 is 10.4. The van der Waals surface area contributed by atoms with Crippen LogP contribution in [0.2, 0.25) is 0 Å². The molecule has 0 aromatic carbocycles. The summed E-state index contributed by atoms with van der Waals surface area (Å²) in [6.07, 6.45) is 0.976. The number of carbonyl (C=O) groups excluding carboxylic acids is 1. The summed E-state index contributed by atoms with van der Waals surface area (Å²) in [4.78, 5) is 13.5. The summed E-state index contributed by atoms with van der Waals surface area (Å²) in [5.74, 6) is -0.187. The van der Waals surface area contributed by atoms with E-state index in [1.54, 1.807) is 0 Å². The first-order valence-corrected chi connectivity index (χ1v) is 6.37. The Labute approximate surface area is 104 Å². The van der Waals surface area contributed by atoms with Gasteiger partial charge in [0, 0.05) is 19.7 Å². The average molecular weight is 246 g/mol. The summed E-state index contributed by atoms with van der Waals surface area (Å²) in [6, 6.07) is 0. The van der Waals surface area contributed by atoms with Crippen LogP contribution in [0, 0.1) is 0 Å². The quantitative estimate of drug-likeness (QED) is 0.573. The number of carbonyl (C=O) groups is 1. The first kappa shape index (κ1) is 16.4. The summed E-state index contributed by atoms with van der Waals surface area (Å²) in [5, 5.41) is 0. The molecule has 0 aliphatic carbocycles. The topological polar surface area (TPSA) is 64.8 Å². The molecule has 102 valence electrons. The van der Waals surface area contributed by atoms with E-state index in [1.165, 1.54) is 0 Å². The molecule has 1 unspecified atom stereocenters. The van der Waals surface area contributed by atoms with Gasteiger partial charge >= 0.3 is 5.97 Å². The normalized spacial score (nSPS) is 12.8. The van der Waals surface area contributed by atoms with Crippen LogP contribution in [0.5, 0.6) is 0 Å². The molecule has 0 amide bonds. The molecule has 17 heavy (non-hydrogen) atoms. The number of hydrogen-bond acceptors (Lipinski definition) is 5. The smallest absolute Gasteiger partial charge is 0.320 e. The standard InChI is InChI=1S/C12H26N2O3/c1-4-7-14(10-12(15)17-6-3)9-11(8-13)16-5-2/h11H,4-10,13H2,1-3H3. The second-order valence-corrected chi connectivity index (χ2v) is 3.85. The number of nitrogens with two attached hydrogens (primary N) is 1. The lowest BCUT2D eigenvalue weighted by Crippen LogP contribution is -2.41. The predicted octanol–water partition coefficient (Wildman–Crippen LogP) is 0.625. The Morgan fingerprint density at radius 3 is 2.47 bits per heavy atom. The van der Waals surface area contributed by atoms with Crippen LogP contribution >= 0.6 is 0 Å². The fraction of sp³-hybridized carbons (Fsp3) is 0.917. The third kappa shape index (κ3) is 8.12. The van der Waals surface area contributed by atoms with Gasteiger partial charge in [0.05, 0.1) is 19.3 Å². The Bertz CT molecular complexity index is 200. The van der Waals surface area contributed by atoms with Gasteiger partial charge in [-0.3, -0.25) is 9.69 Å². The van der Waals surface area contributed by atoms with Crippen molar-refractivity contribution >= 4 is 5.97 Å². The van der Waals surface area contributed by atoms with Gasteiger partial charge in [-0.25, -0.2) is 0 Å². The Kier molecular flexibility index (Phi) is 10.1. The zero-order chi connectivity index (χ0) is 13.1. The van der Waals surface area contributed by atoms with Crippen LogP contribution < -0.4 is 5.73 Å².